The number of hydrogen-bond acceptors (Lipinski definition) is 2. The molecule has 1 fully saturated rings. The van der Waals surface area contributed by atoms with Crippen LogP contribution >= 0.6 is 27.5 Å². The molecular weight excluding hydrogens is 507 g/mol. The molecule has 2 nitrogen and oxygen atoms in total. The van der Waals surface area contributed by atoms with Crippen LogP contribution in [0.1, 0.15) is 26.7 Å². The van der Waals surface area contributed by atoms with Gasteiger partial charge in [-0.1, -0.05) is 0 Å². The van der Waals surface area contributed by atoms with E-state index in [-0.39, 0.29) is 0 Å². The Balaban J connectivity index is 1.70. The Kier molecular flexibility index (Phi) is 6.89. The molecule has 2 heterocycles. The first kappa shape index (κ1) is 21.2. The Morgan fingerprint density at radius 2 is 1.72 bits per heavy atom. The van der Waals surface area contributed by atoms with Crippen LogP contribution in [0.4, 0.5) is 5.69 Å². The van der Waals surface area contributed by atoms with Crippen molar-refractivity contribution in [3.8, 4) is 11.3 Å². The molecule has 0 amide bonds. The van der Waals surface area contributed by atoms with Gasteiger partial charge in [-0.3, -0.25) is 0 Å². The van der Waals surface area contributed by atoms with E-state index in [1.807, 2.05) is 12.1 Å². The van der Waals surface area contributed by atoms with Gasteiger partial charge in [-0.15, -0.1) is 0 Å². The summed E-state index contributed by atoms with van der Waals surface area (Å²) in [5, 5.41) is 4.83. The van der Waals surface area contributed by atoms with E-state index in [2.05, 4.69) is 71.1 Å². The van der Waals surface area contributed by atoms with E-state index in [9.17, 15) is 0 Å². The van der Waals surface area contributed by atoms with Crippen molar-refractivity contribution in [1.29, 1.82) is 0 Å². The van der Waals surface area contributed by atoms with E-state index in [1.54, 1.807) is 0 Å². The number of nitrogens with zero attached hydrogens (tertiary/aromatic N) is 2. The summed E-state index contributed by atoms with van der Waals surface area (Å²) >= 11 is 9.19. The third-order valence-electron chi connectivity index (χ3n) is 6.02. The van der Waals surface area contributed by atoms with E-state index >= 15 is 0 Å². The molecule has 152 valence electrons. The predicted octanol–water partition coefficient (Wildman–Crippen LogP) is 7.82. The van der Waals surface area contributed by atoms with Crippen LogP contribution in [-0.4, -0.2) is 32.7 Å². The summed E-state index contributed by atoms with van der Waals surface area (Å²) in [6, 6.07) is 16.8. The molecule has 29 heavy (non-hydrogen) atoms. The van der Waals surface area contributed by atoms with Crippen molar-refractivity contribution in [3.63, 3.8) is 0 Å². The van der Waals surface area contributed by atoms with Gasteiger partial charge in [-0.05, 0) is 0 Å². The number of benzene rings is 2. The van der Waals surface area contributed by atoms with Gasteiger partial charge in [-0.2, -0.15) is 0 Å². The molecule has 0 atom stereocenters. The Morgan fingerprint density at radius 1 is 1.03 bits per heavy atom. The molecule has 1 aromatic heterocycles. The van der Waals surface area contributed by atoms with Crippen molar-refractivity contribution in [2.75, 3.05) is 18.0 Å². The van der Waals surface area contributed by atoms with Crippen LogP contribution in [0.3, 0.4) is 0 Å². The van der Waals surface area contributed by atoms with E-state index < -0.39 is 14.7 Å². The van der Waals surface area contributed by atoms with Crippen molar-refractivity contribution < 1.29 is 0 Å². The SMILES string of the molecule is CC[As](CC)C1CCN(c2cc(-c3ccc(Br)cc3)nc3cc(Cl)ccc23)CC1. The Bertz CT molecular complexity index is 980. The molecule has 4 rings (SSSR count). The fourth-order valence-electron chi connectivity index (χ4n) is 4.43. The van der Waals surface area contributed by atoms with E-state index in [1.165, 1.54) is 34.3 Å². The number of pyridine rings is 1. The van der Waals surface area contributed by atoms with Gasteiger partial charge in [-0.25, -0.2) is 0 Å². The van der Waals surface area contributed by atoms with Gasteiger partial charge in [0.15, 0.2) is 0 Å². The van der Waals surface area contributed by atoms with Crippen LogP contribution < -0.4 is 4.90 Å². The maximum absolute atomic E-state index is 6.31. The van der Waals surface area contributed by atoms with Gasteiger partial charge < -0.3 is 0 Å². The second-order valence-electron chi connectivity index (χ2n) is 7.63. The number of anilines is 1. The van der Waals surface area contributed by atoms with Crippen molar-refractivity contribution in [2.24, 2.45) is 0 Å². The molecule has 0 N–H and O–H groups in total. The molecule has 0 saturated carbocycles. The van der Waals surface area contributed by atoms with Crippen LogP contribution in [0.25, 0.3) is 22.2 Å². The van der Waals surface area contributed by atoms with Gasteiger partial charge >= 0.3 is 193 Å². The van der Waals surface area contributed by atoms with Gasteiger partial charge in [0.2, 0.25) is 0 Å². The molecule has 1 saturated heterocycles. The van der Waals surface area contributed by atoms with Crippen LogP contribution in [0, 0.1) is 0 Å². The number of rotatable bonds is 5. The minimum absolute atomic E-state index is 0.648. The van der Waals surface area contributed by atoms with Gasteiger partial charge in [0.25, 0.3) is 0 Å². The second-order valence-corrected chi connectivity index (χ2v) is 15.6. The summed E-state index contributed by atoms with van der Waals surface area (Å²) in [5.74, 6) is 0. The molecule has 1 aliphatic heterocycles. The van der Waals surface area contributed by atoms with Crippen molar-refractivity contribution >= 4 is 58.8 Å². The molecule has 5 heteroatoms. The first-order valence-corrected chi connectivity index (χ1v) is 15.3. The van der Waals surface area contributed by atoms with Crippen molar-refractivity contribution in [1.82, 2.24) is 4.98 Å². The monoisotopic (exact) mass is 532 g/mol. The number of fused-ring (bicyclic) bond motifs is 1. The summed E-state index contributed by atoms with van der Waals surface area (Å²) < 4.78 is 2.08. The van der Waals surface area contributed by atoms with Crippen LogP contribution in [0.5, 0.6) is 0 Å². The molecule has 1 aliphatic rings. The standard InChI is InChI=1S/C24H27AsBrClN2/c1-3-25(4-2)18-11-13-29(14-12-18)24-16-22(17-5-7-19(26)8-6-17)28-23-15-20(27)9-10-21(23)24/h5-10,15-16,18H,3-4,11-14H2,1-2H3. The third-order valence-corrected chi connectivity index (χ3v) is 13.4. The molecule has 0 spiro atoms. The predicted molar refractivity (Wildman–Crippen MR) is 132 cm³/mol. The number of piperidine rings is 1. The maximum atomic E-state index is 6.31. The van der Waals surface area contributed by atoms with Gasteiger partial charge in [0, 0.05) is 0 Å². The zero-order chi connectivity index (χ0) is 20.4. The first-order valence-electron chi connectivity index (χ1n) is 10.4. The van der Waals surface area contributed by atoms with Crippen LogP contribution in [0.15, 0.2) is 53.0 Å². The minimum atomic E-state index is -0.648. The molecule has 0 aliphatic carbocycles. The van der Waals surface area contributed by atoms with E-state index in [4.69, 9.17) is 16.6 Å². The molecule has 0 radical (unpaired) electrons. The number of hydrogen-bond donors (Lipinski definition) is 0. The molecular formula is C24H27AsBrClN2. The average molecular weight is 534 g/mol. The molecule has 2 aromatic carbocycles. The summed E-state index contributed by atoms with van der Waals surface area (Å²) in [6.45, 7) is 7.11. The molecule has 0 bridgehead atoms. The van der Waals surface area contributed by atoms with Crippen molar-refractivity contribution in [2.45, 2.75) is 41.8 Å². The zero-order valence-corrected chi connectivity index (χ0v) is 21.3. The Labute approximate surface area is 192 Å². The quantitative estimate of drug-likeness (QED) is 0.311. The fraction of sp³-hybridized carbons (Fsp3) is 0.375. The van der Waals surface area contributed by atoms with E-state index in [0.717, 1.165) is 44.1 Å². The zero-order valence-electron chi connectivity index (χ0n) is 17.0. The fourth-order valence-corrected chi connectivity index (χ4v) is 9.98. The topological polar surface area (TPSA) is 16.1 Å². The van der Waals surface area contributed by atoms with Crippen LogP contribution in [-0.2, 0) is 0 Å². The van der Waals surface area contributed by atoms with Crippen LogP contribution in [0.2, 0.25) is 20.1 Å². The molecule has 0 unspecified atom stereocenters. The summed E-state index contributed by atoms with van der Waals surface area (Å²) in [4.78, 5) is 7.52. The molecule has 3 aromatic rings. The third kappa shape index (κ3) is 4.68. The van der Waals surface area contributed by atoms with Crippen molar-refractivity contribution in [3.05, 3.63) is 58.0 Å². The number of halogens is 2. The van der Waals surface area contributed by atoms with Gasteiger partial charge in [0.05, 0.1) is 0 Å². The van der Waals surface area contributed by atoms with Gasteiger partial charge in [0.1, 0.15) is 0 Å². The number of aromatic nitrogens is 1. The Morgan fingerprint density at radius 3 is 2.38 bits per heavy atom. The summed E-state index contributed by atoms with van der Waals surface area (Å²) in [7, 11) is 0. The van der Waals surface area contributed by atoms with E-state index in [0.29, 0.717) is 0 Å². The average Bonchev–Trinajstić information content (AvgIpc) is 2.74. The summed E-state index contributed by atoms with van der Waals surface area (Å²) in [6.07, 6.45) is 2.68. The second kappa shape index (κ2) is 9.41. The summed E-state index contributed by atoms with van der Waals surface area (Å²) in [5.41, 5.74) is 4.43. The Hall–Kier alpha value is -1.02. The first-order chi connectivity index (χ1) is 14.1. The normalized spacial score (nSPS) is 15.4.